The number of carboxylic acids is 1. The van der Waals surface area contributed by atoms with Gasteiger partial charge in [-0.1, -0.05) is 13.8 Å². The van der Waals surface area contributed by atoms with Crippen molar-refractivity contribution in [1.29, 1.82) is 0 Å². The molecule has 110 valence electrons. The van der Waals surface area contributed by atoms with E-state index in [1.807, 2.05) is 27.8 Å². The number of carbonyl (C=O) groups excluding carboxylic acids is 1. The summed E-state index contributed by atoms with van der Waals surface area (Å²) in [6.07, 6.45) is 1.75. The molecule has 1 amide bonds. The highest BCUT2D eigenvalue weighted by Crippen LogP contribution is 2.39. The molecular formula is C14H21N3O3. The van der Waals surface area contributed by atoms with Crippen LogP contribution in [0, 0.1) is 18.8 Å². The average Bonchev–Trinajstić information content (AvgIpc) is 2.83. The zero-order valence-electron chi connectivity index (χ0n) is 12.3. The molecule has 1 N–H and O–H groups in total. The van der Waals surface area contributed by atoms with Gasteiger partial charge in [0.2, 0.25) is 5.91 Å². The molecule has 6 heteroatoms. The molecule has 1 fully saturated rings. The molecule has 0 saturated carbocycles. The summed E-state index contributed by atoms with van der Waals surface area (Å²) in [5.41, 5.74) is 1.75. The van der Waals surface area contributed by atoms with Gasteiger partial charge in [-0.2, -0.15) is 5.10 Å². The van der Waals surface area contributed by atoms with E-state index in [-0.39, 0.29) is 12.3 Å². The molecule has 0 radical (unpaired) electrons. The fraction of sp³-hybridized carbons (Fsp3) is 0.643. The Hall–Kier alpha value is -1.85. The summed E-state index contributed by atoms with van der Waals surface area (Å²) >= 11 is 0. The molecule has 1 aliphatic rings. The summed E-state index contributed by atoms with van der Waals surface area (Å²) in [5, 5.41) is 13.6. The van der Waals surface area contributed by atoms with Crippen molar-refractivity contribution in [1.82, 2.24) is 14.7 Å². The Kier molecular flexibility index (Phi) is 3.83. The quantitative estimate of drug-likeness (QED) is 0.903. The van der Waals surface area contributed by atoms with Gasteiger partial charge in [0, 0.05) is 31.3 Å². The number of rotatable bonds is 4. The van der Waals surface area contributed by atoms with Crippen molar-refractivity contribution in [2.24, 2.45) is 18.9 Å². The van der Waals surface area contributed by atoms with Crippen LogP contribution in [0.1, 0.15) is 37.6 Å². The predicted molar refractivity (Wildman–Crippen MR) is 73.0 cm³/mol. The van der Waals surface area contributed by atoms with Crippen molar-refractivity contribution in [3.05, 3.63) is 17.5 Å². The van der Waals surface area contributed by atoms with E-state index in [2.05, 4.69) is 5.10 Å². The molecule has 1 aliphatic heterocycles. The first kappa shape index (κ1) is 14.6. The number of aromatic nitrogens is 2. The second kappa shape index (κ2) is 5.26. The van der Waals surface area contributed by atoms with E-state index >= 15 is 0 Å². The van der Waals surface area contributed by atoms with Crippen LogP contribution in [0.25, 0.3) is 0 Å². The molecule has 1 saturated heterocycles. The smallest absolute Gasteiger partial charge is 0.309 e. The van der Waals surface area contributed by atoms with Crippen molar-refractivity contribution in [2.45, 2.75) is 33.2 Å². The van der Waals surface area contributed by atoms with Crippen LogP contribution < -0.4 is 0 Å². The highest BCUT2D eigenvalue weighted by Gasteiger charge is 2.45. The summed E-state index contributed by atoms with van der Waals surface area (Å²) in [6.45, 7) is 6.52. The van der Waals surface area contributed by atoms with Gasteiger partial charge in [0.25, 0.3) is 0 Å². The lowest BCUT2D eigenvalue weighted by Crippen LogP contribution is -2.33. The minimum atomic E-state index is -0.919. The van der Waals surface area contributed by atoms with Crippen molar-refractivity contribution in [3.8, 4) is 0 Å². The maximum absolute atomic E-state index is 12.2. The highest BCUT2D eigenvalue weighted by atomic mass is 16.4. The molecule has 0 aromatic carbocycles. The molecule has 6 nitrogen and oxygen atoms in total. The summed E-state index contributed by atoms with van der Waals surface area (Å²) in [5.74, 6) is -1.40. The van der Waals surface area contributed by atoms with Crippen LogP contribution in [0.4, 0.5) is 0 Å². The molecule has 0 spiro atoms. The minimum absolute atomic E-state index is 0.0705. The topological polar surface area (TPSA) is 75.4 Å². The lowest BCUT2D eigenvalue weighted by molar-refractivity contribution is -0.142. The van der Waals surface area contributed by atoms with E-state index in [1.54, 1.807) is 15.8 Å². The number of hydrogen-bond acceptors (Lipinski definition) is 3. The van der Waals surface area contributed by atoms with Gasteiger partial charge in [-0.25, -0.2) is 0 Å². The molecule has 2 rings (SSSR count). The third-order valence-electron chi connectivity index (χ3n) is 3.90. The van der Waals surface area contributed by atoms with Crippen LogP contribution in [0.5, 0.6) is 0 Å². The van der Waals surface area contributed by atoms with Crippen molar-refractivity contribution < 1.29 is 14.7 Å². The van der Waals surface area contributed by atoms with Crippen molar-refractivity contribution >= 4 is 11.9 Å². The van der Waals surface area contributed by atoms with Crippen molar-refractivity contribution in [3.63, 3.8) is 0 Å². The first-order valence-electron chi connectivity index (χ1n) is 6.83. The van der Waals surface area contributed by atoms with Crippen LogP contribution in [-0.2, 0) is 16.6 Å². The Labute approximate surface area is 118 Å². The van der Waals surface area contributed by atoms with Gasteiger partial charge in [0.15, 0.2) is 0 Å². The monoisotopic (exact) mass is 279 g/mol. The lowest BCUT2D eigenvalue weighted by atomic mass is 9.94. The van der Waals surface area contributed by atoms with E-state index in [9.17, 15) is 14.7 Å². The third kappa shape index (κ3) is 2.42. The number of hydrogen-bond donors (Lipinski definition) is 1. The minimum Gasteiger partial charge on any atom is -0.481 e. The number of carbonyl (C=O) groups is 2. The Bertz CT molecular complexity index is 536. The van der Waals surface area contributed by atoms with Crippen LogP contribution in [0.3, 0.4) is 0 Å². The van der Waals surface area contributed by atoms with Gasteiger partial charge < -0.3 is 10.0 Å². The summed E-state index contributed by atoms with van der Waals surface area (Å²) in [7, 11) is 1.82. The van der Waals surface area contributed by atoms with Gasteiger partial charge >= 0.3 is 5.97 Å². The van der Waals surface area contributed by atoms with E-state index in [1.165, 1.54) is 0 Å². The number of likely N-dealkylation sites (tertiary alicyclic amines) is 1. The molecule has 2 heterocycles. The molecule has 1 aromatic heterocycles. The molecule has 20 heavy (non-hydrogen) atoms. The molecule has 1 aromatic rings. The Morgan fingerprint density at radius 2 is 2.20 bits per heavy atom. The zero-order valence-corrected chi connectivity index (χ0v) is 12.3. The fourth-order valence-corrected chi connectivity index (χ4v) is 2.81. The first-order valence-corrected chi connectivity index (χ1v) is 6.83. The number of carboxylic acid groups (broad SMARTS) is 1. The molecular weight excluding hydrogens is 258 g/mol. The number of aliphatic carboxylic acids is 1. The Morgan fingerprint density at radius 1 is 1.55 bits per heavy atom. The van der Waals surface area contributed by atoms with Gasteiger partial charge in [0.1, 0.15) is 0 Å². The van der Waals surface area contributed by atoms with Crippen molar-refractivity contribution in [2.75, 3.05) is 6.54 Å². The van der Waals surface area contributed by atoms with E-state index in [0.29, 0.717) is 12.5 Å². The Morgan fingerprint density at radius 3 is 2.65 bits per heavy atom. The van der Waals surface area contributed by atoms with Crippen LogP contribution in [0.15, 0.2) is 6.20 Å². The van der Waals surface area contributed by atoms with E-state index in [0.717, 1.165) is 11.3 Å². The summed E-state index contributed by atoms with van der Waals surface area (Å²) in [4.78, 5) is 25.3. The predicted octanol–water partition coefficient (Wildman–Crippen LogP) is 1.36. The van der Waals surface area contributed by atoms with Gasteiger partial charge in [-0.3, -0.25) is 14.3 Å². The van der Waals surface area contributed by atoms with E-state index < -0.39 is 17.9 Å². The second-order valence-electron chi connectivity index (χ2n) is 5.84. The maximum atomic E-state index is 12.2. The van der Waals surface area contributed by atoms with Crippen LogP contribution in [-0.4, -0.2) is 38.2 Å². The fourth-order valence-electron chi connectivity index (χ4n) is 2.81. The lowest BCUT2D eigenvalue weighted by Gasteiger charge is -2.28. The standard InChI is InChI=1S/C14H21N3O3/c1-8(2)7-17-12(18)5-10(14(19)20)13(17)11-6-15-16(4)9(11)3/h6,8,10,13H,5,7H2,1-4H3,(H,19,20). The van der Waals surface area contributed by atoms with Gasteiger partial charge in [0.05, 0.1) is 18.2 Å². The summed E-state index contributed by atoms with van der Waals surface area (Å²) in [6, 6.07) is -0.406. The van der Waals surface area contributed by atoms with Crippen LogP contribution in [0.2, 0.25) is 0 Å². The number of amides is 1. The van der Waals surface area contributed by atoms with Gasteiger partial charge in [-0.15, -0.1) is 0 Å². The Balaban J connectivity index is 2.43. The largest absolute Gasteiger partial charge is 0.481 e. The second-order valence-corrected chi connectivity index (χ2v) is 5.84. The molecule has 2 unspecified atom stereocenters. The summed E-state index contributed by atoms with van der Waals surface area (Å²) < 4.78 is 1.71. The SMILES string of the molecule is Cc1c(C2C(C(=O)O)CC(=O)N2CC(C)C)cnn1C. The average molecular weight is 279 g/mol. The van der Waals surface area contributed by atoms with E-state index in [4.69, 9.17) is 0 Å². The number of aryl methyl sites for hydroxylation is 1. The van der Waals surface area contributed by atoms with Gasteiger partial charge in [-0.05, 0) is 12.8 Å². The molecule has 0 bridgehead atoms. The normalized spacial score (nSPS) is 22.9. The first-order chi connectivity index (χ1) is 9.32. The number of nitrogens with zero attached hydrogens (tertiary/aromatic N) is 3. The zero-order chi connectivity index (χ0) is 15.0. The highest BCUT2D eigenvalue weighted by molar-refractivity contribution is 5.87. The maximum Gasteiger partial charge on any atom is 0.309 e. The molecule has 2 atom stereocenters. The molecule has 0 aliphatic carbocycles. The van der Waals surface area contributed by atoms with Crippen LogP contribution >= 0.6 is 0 Å². The third-order valence-corrected chi connectivity index (χ3v) is 3.90.